The van der Waals surface area contributed by atoms with E-state index in [1.54, 1.807) is 25.3 Å². The summed E-state index contributed by atoms with van der Waals surface area (Å²) in [6.45, 7) is 0. The van der Waals surface area contributed by atoms with Crippen LogP contribution in [0.4, 0.5) is 5.69 Å². The lowest BCUT2D eigenvalue weighted by molar-refractivity contribution is 0.102. The Morgan fingerprint density at radius 2 is 1.78 bits per heavy atom. The van der Waals surface area contributed by atoms with Gasteiger partial charge in [0.05, 0.1) is 22.7 Å². The number of ether oxygens (including phenoxy) is 1. The summed E-state index contributed by atoms with van der Waals surface area (Å²) in [5.41, 5.74) is 3.20. The van der Waals surface area contributed by atoms with E-state index in [4.69, 9.17) is 9.15 Å². The zero-order chi connectivity index (χ0) is 22.2. The fourth-order valence-corrected chi connectivity index (χ4v) is 4.80. The third kappa shape index (κ3) is 3.67. The molecule has 0 unspecified atom stereocenters. The van der Waals surface area contributed by atoms with Gasteiger partial charge in [-0.25, -0.2) is 4.98 Å². The van der Waals surface area contributed by atoms with Gasteiger partial charge in [-0.3, -0.25) is 4.79 Å². The van der Waals surface area contributed by atoms with E-state index in [0.717, 1.165) is 25.3 Å². The summed E-state index contributed by atoms with van der Waals surface area (Å²) >= 11 is 7.11. The van der Waals surface area contributed by atoms with Crippen molar-refractivity contribution in [2.45, 2.75) is 0 Å². The molecule has 0 aliphatic heterocycles. The molecule has 1 N–H and O–H groups in total. The number of methoxy groups -OCH3 is 1. The number of fused-ring (bicyclic) bond motifs is 2. The Morgan fingerprint density at radius 1 is 1.00 bits per heavy atom. The average Bonchev–Trinajstić information content (AvgIpc) is 3.22. The largest absolute Gasteiger partial charge is 0.495 e. The maximum absolute atomic E-state index is 13.1. The van der Waals surface area contributed by atoms with Crippen molar-refractivity contribution in [3.8, 4) is 17.2 Å². The maximum atomic E-state index is 13.1. The van der Waals surface area contributed by atoms with Crippen molar-refractivity contribution in [2.75, 3.05) is 12.4 Å². The summed E-state index contributed by atoms with van der Waals surface area (Å²) < 4.78 is 13.1. The molecule has 5 nitrogen and oxygen atoms in total. The highest BCUT2D eigenvalue weighted by Crippen LogP contribution is 2.37. The van der Waals surface area contributed by atoms with Crippen LogP contribution in [0.5, 0.6) is 5.75 Å². The number of anilines is 1. The topological polar surface area (TPSA) is 64.4 Å². The van der Waals surface area contributed by atoms with E-state index < -0.39 is 0 Å². The Kier molecular flexibility index (Phi) is 5.45. The number of amides is 1. The Hall–Kier alpha value is -3.16. The van der Waals surface area contributed by atoms with Crippen LogP contribution in [0.3, 0.4) is 0 Å². The van der Waals surface area contributed by atoms with Crippen molar-refractivity contribution in [1.29, 1.82) is 0 Å². The second-order valence-electron chi connectivity index (χ2n) is 7.13. The molecule has 5 rings (SSSR count). The van der Waals surface area contributed by atoms with Crippen LogP contribution in [0.1, 0.15) is 10.4 Å². The van der Waals surface area contributed by atoms with Gasteiger partial charge >= 0.3 is 0 Å². The molecule has 1 heterocycles. The zero-order valence-electron chi connectivity index (χ0n) is 16.9. The molecule has 0 aliphatic carbocycles. The summed E-state index contributed by atoms with van der Waals surface area (Å²) in [7, 11) is 1.55. The molecule has 4 aromatic carbocycles. The molecule has 1 aromatic heterocycles. The van der Waals surface area contributed by atoms with Crippen LogP contribution >= 0.6 is 31.9 Å². The Bertz CT molecular complexity index is 1490. The van der Waals surface area contributed by atoms with Crippen LogP contribution in [0.2, 0.25) is 0 Å². The molecule has 1 amide bonds. The van der Waals surface area contributed by atoms with Crippen molar-refractivity contribution in [2.24, 2.45) is 0 Å². The lowest BCUT2D eigenvalue weighted by Gasteiger charge is -2.13. The van der Waals surface area contributed by atoms with Crippen molar-refractivity contribution in [3.05, 3.63) is 87.3 Å². The molecule has 158 valence electrons. The van der Waals surface area contributed by atoms with E-state index in [9.17, 15) is 4.79 Å². The van der Waals surface area contributed by atoms with E-state index in [2.05, 4.69) is 42.2 Å². The number of nitrogens with zero attached hydrogens (tertiary/aromatic N) is 1. The number of hydrogen-bond donors (Lipinski definition) is 1. The number of rotatable bonds is 4. The average molecular weight is 552 g/mol. The highest BCUT2D eigenvalue weighted by Gasteiger charge is 2.19. The first-order valence-electron chi connectivity index (χ1n) is 9.77. The third-order valence-electron chi connectivity index (χ3n) is 5.14. The molecule has 0 spiro atoms. The summed E-state index contributed by atoms with van der Waals surface area (Å²) in [4.78, 5) is 17.7. The molecule has 7 heteroatoms. The number of carbonyl (C=O) groups excluding carboxylic acids is 1. The van der Waals surface area contributed by atoms with E-state index in [1.807, 2.05) is 54.6 Å². The second kappa shape index (κ2) is 8.41. The first kappa shape index (κ1) is 20.7. The van der Waals surface area contributed by atoms with E-state index in [0.29, 0.717) is 34.0 Å². The number of benzene rings is 4. The predicted octanol–water partition coefficient (Wildman–Crippen LogP) is 7.43. The van der Waals surface area contributed by atoms with Gasteiger partial charge in [0.25, 0.3) is 5.91 Å². The van der Waals surface area contributed by atoms with Crippen LogP contribution < -0.4 is 10.1 Å². The SMILES string of the molecule is COc1c(C(=O)Nc2ccc3oc(-c4ccccc4Br)nc3c2)cc2ccccc2c1Br. The molecular formula is C25H16Br2N2O3. The third-order valence-corrected chi connectivity index (χ3v) is 6.62. The summed E-state index contributed by atoms with van der Waals surface area (Å²) in [5.74, 6) is 0.721. The number of aromatic nitrogens is 1. The van der Waals surface area contributed by atoms with E-state index in [1.165, 1.54) is 0 Å². The van der Waals surface area contributed by atoms with Crippen molar-refractivity contribution in [3.63, 3.8) is 0 Å². The van der Waals surface area contributed by atoms with Gasteiger partial charge in [0.1, 0.15) is 11.3 Å². The summed E-state index contributed by atoms with van der Waals surface area (Å²) in [5, 5.41) is 4.86. The van der Waals surface area contributed by atoms with Crippen LogP contribution in [-0.4, -0.2) is 18.0 Å². The summed E-state index contributed by atoms with van der Waals surface area (Å²) in [6.07, 6.45) is 0. The van der Waals surface area contributed by atoms with Crippen molar-refractivity contribution in [1.82, 2.24) is 4.98 Å². The fraction of sp³-hybridized carbons (Fsp3) is 0.0400. The van der Waals surface area contributed by atoms with E-state index >= 15 is 0 Å². The van der Waals surface area contributed by atoms with Crippen molar-refractivity contribution >= 4 is 65.3 Å². The normalized spacial score (nSPS) is 11.1. The number of carbonyl (C=O) groups is 1. The minimum Gasteiger partial charge on any atom is -0.495 e. The molecule has 0 atom stereocenters. The molecule has 32 heavy (non-hydrogen) atoms. The van der Waals surface area contributed by atoms with Gasteiger partial charge in [0, 0.05) is 10.2 Å². The first-order chi connectivity index (χ1) is 15.5. The lowest BCUT2D eigenvalue weighted by atomic mass is 10.1. The fourth-order valence-electron chi connectivity index (χ4n) is 3.61. The standard InChI is InChI=1S/C25H16Br2N2O3/c1-31-23-18(12-14-6-2-3-7-16(14)22(23)27)24(30)28-15-10-11-21-20(13-15)29-25(32-21)17-8-4-5-9-19(17)26/h2-13H,1H3,(H,28,30). The molecule has 0 bridgehead atoms. The lowest BCUT2D eigenvalue weighted by Crippen LogP contribution is -2.13. The van der Waals surface area contributed by atoms with Gasteiger partial charge in [-0.05, 0) is 79.0 Å². The first-order valence-corrected chi connectivity index (χ1v) is 11.4. The molecular weight excluding hydrogens is 536 g/mol. The summed E-state index contributed by atoms with van der Waals surface area (Å²) in [6, 6.07) is 22.8. The van der Waals surface area contributed by atoms with Crippen LogP contribution in [-0.2, 0) is 0 Å². The minimum atomic E-state index is -0.276. The van der Waals surface area contributed by atoms with Crippen LogP contribution in [0.25, 0.3) is 33.3 Å². The quantitative estimate of drug-likeness (QED) is 0.252. The highest BCUT2D eigenvalue weighted by molar-refractivity contribution is 9.11. The Labute approximate surface area is 200 Å². The maximum Gasteiger partial charge on any atom is 0.259 e. The molecule has 0 radical (unpaired) electrons. The molecule has 0 aliphatic rings. The van der Waals surface area contributed by atoms with Gasteiger partial charge < -0.3 is 14.5 Å². The number of nitrogens with one attached hydrogen (secondary N) is 1. The predicted molar refractivity (Wildman–Crippen MR) is 133 cm³/mol. The second-order valence-corrected chi connectivity index (χ2v) is 8.78. The van der Waals surface area contributed by atoms with Gasteiger partial charge in [0.2, 0.25) is 5.89 Å². The zero-order valence-corrected chi connectivity index (χ0v) is 20.0. The number of hydrogen-bond acceptors (Lipinski definition) is 4. The van der Waals surface area contributed by atoms with Gasteiger partial charge in [-0.15, -0.1) is 0 Å². The van der Waals surface area contributed by atoms with Crippen LogP contribution in [0, 0.1) is 0 Å². The Balaban J connectivity index is 1.49. The highest BCUT2D eigenvalue weighted by atomic mass is 79.9. The molecule has 0 fully saturated rings. The van der Waals surface area contributed by atoms with Crippen molar-refractivity contribution < 1.29 is 13.9 Å². The van der Waals surface area contributed by atoms with Crippen LogP contribution in [0.15, 0.2) is 86.2 Å². The Morgan fingerprint density at radius 3 is 2.59 bits per heavy atom. The van der Waals surface area contributed by atoms with Gasteiger partial charge in [-0.2, -0.15) is 0 Å². The van der Waals surface area contributed by atoms with Gasteiger partial charge in [0.15, 0.2) is 5.58 Å². The smallest absolute Gasteiger partial charge is 0.259 e. The molecule has 0 saturated carbocycles. The van der Waals surface area contributed by atoms with E-state index in [-0.39, 0.29) is 5.91 Å². The number of halogens is 2. The molecule has 0 saturated heterocycles. The minimum absolute atomic E-state index is 0.276. The number of oxazole rings is 1. The molecule has 5 aromatic rings. The monoisotopic (exact) mass is 550 g/mol. The van der Waals surface area contributed by atoms with Gasteiger partial charge in [-0.1, -0.05) is 36.4 Å².